The lowest BCUT2D eigenvalue weighted by Gasteiger charge is -2.18. The van der Waals surface area contributed by atoms with Crippen LogP contribution in [0.25, 0.3) is 0 Å². The van der Waals surface area contributed by atoms with Crippen LogP contribution in [-0.2, 0) is 23.8 Å². The third-order valence-electron chi connectivity index (χ3n) is 9.96. The van der Waals surface area contributed by atoms with E-state index in [1.165, 1.54) is 154 Å². The molecule has 0 bridgehead atoms. The molecule has 0 saturated heterocycles. The van der Waals surface area contributed by atoms with Crippen LogP contribution in [0.15, 0.2) is 24.3 Å². The molecule has 0 aliphatic carbocycles. The number of rotatable bonds is 42. The highest BCUT2D eigenvalue weighted by atomic mass is 16.6. The van der Waals surface area contributed by atoms with E-state index in [4.69, 9.17) is 14.2 Å². The summed E-state index contributed by atoms with van der Waals surface area (Å²) in [5.74, 6) is -0.407. The fourth-order valence-electron chi connectivity index (χ4n) is 6.50. The minimum absolute atomic E-state index is 0.0832. The van der Waals surface area contributed by atoms with Gasteiger partial charge in [0.05, 0.1) is 6.61 Å². The van der Waals surface area contributed by atoms with E-state index in [0.29, 0.717) is 19.4 Å². The first-order valence-electron chi connectivity index (χ1n) is 22.9. The number of carbonyl (C=O) groups is 2. The predicted molar refractivity (Wildman–Crippen MR) is 224 cm³/mol. The Morgan fingerprint density at radius 1 is 0.404 bits per heavy atom. The summed E-state index contributed by atoms with van der Waals surface area (Å²) in [5.41, 5.74) is 0. The van der Waals surface area contributed by atoms with Gasteiger partial charge in [0.2, 0.25) is 0 Å². The standard InChI is InChI=1S/C47H88O5/c1-4-7-10-13-16-18-20-22-24-25-27-29-32-34-37-40-46(48)51-44-45(52-47(49)41-38-35-31-15-12-9-6-3)43-50-42-39-36-33-30-28-26-23-21-19-17-14-11-8-5-2/h19,21-22,24,45H,4-18,20,23,25-44H2,1-3H3/b21-19-,24-22-. The number of allylic oxidation sites excluding steroid dienone is 4. The predicted octanol–water partition coefficient (Wildman–Crippen LogP) is 14.9. The van der Waals surface area contributed by atoms with E-state index < -0.39 is 6.10 Å². The molecule has 0 aromatic heterocycles. The summed E-state index contributed by atoms with van der Waals surface area (Å²) < 4.78 is 17.2. The van der Waals surface area contributed by atoms with Crippen molar-refractivity contribution < 1.29 is 23.8 Å². The second-order valence-electron chi connectivity index (χ2n) is 15.3. The van der Waals surface area contributed by atoms with Crippen LogP contribution in [-0.4, -0.2) is 37.9 Å². The molecule has 0 heterocycles. The second-order valence-corrected chi connectivity index (χ2v) is 15.3. The topological polar surface area (TPSA) is 61.8 Å². The number of esters is 2. The number of hydrogen-bond acceptors (Lipinski definition) is 5. The molecule has 0 aromatic carbocycles. The van der Waals surface area contributed by atoms with Gasteiger partial charge in [-0.05, 0) is 70.6 Å². The van der Waals surface area contributed by atoms with Crippen LogP contribution in [0.5, 0.6) is 0 Å². The summed E-state index contributed by atoms with van der Waals surface area (Å²) in [6.45, 7) is 7.78. The van der Waals surface area contributed by atoms with Crippen LogP contribution in [0, 0.1) is 0 Å². The summed E-state index contributed by atoms with van der Waals surface area (Å²) >= 11 is 0. The van der Waals surface area contributed by atoms with Gasteiger partial charge in [0.1, 0.15) is 6.61 Å². The molecule has 5 nitrogen and oxygen atoms in total. The Balaban J connectivity index is 4.15. The summed E-state index contributed by atoms with van der Waals surface area (Å²) in [6.07, 6.45) is 49.0. The lowest BCUT2D eigenvalue weighted by molar-refractivity contribution is -0.163. The smallest absolute Gasteiger partial charge is 0.306 e. The maximum Gasteiger partial charge on any atom is 0.306 e. The first kappa shape index (κ1) is 50.4. The van der Waals surface area contributed by atoms with Gasteiger partial charge in [-0.15, -0.1) is 0 Å². The van der Waals surface area contributed by atoms with Crippen LogP contribution in [0.1, 0.15) is 239 Å². The van der Waals surface area contributed by atoms with Crippen molar-refractivity contribution in [1.82, 2.24) is 0 Å². The number of hydrogen-bond donors (Lipinski definition) is 0. The normalized spacial score (nSPS) is 12.3. The number of ether oxygens (including phenoxy) is 3. The molecule has 0 saturated carbocycles. The van der Waals surface area contributed by atoms with E-state index in [9.17, 15) is 9.59 Å². The lowest BCUT2D eigenvalue weighted by Crippen LogP contribution is -2.30. The number of carbonyl (C=O) groups excluding carboxylic acids is 2. The molecule has 0 N–H and O–H groups in total. The minimum atomic E-state index is -0.533. The van der Waals surface area contributed by atoms with Crippen LogP contribution < -0.4 is 0 Å². The highest BCUT2D eigenvalue weighted by Gasteiger charge is 2.17. The summed E-state index contributed by atoms with van der Waals surface area (Å²) in [7, 11) is 0. The molecule has 0 spiro atoms. The molecule has 0 aliphatic rings. The van der Waals surface area contributed by atoms with Crippen molar-refractivity contribution >= 4 is 11.9 Å². The lowest BCUT2D eigenvalue weighted by atomic mass is 10.1. The highest BCUT2D eigenvalue weighted by Crippen LogP contribution is 2.13. The molecule has 52 heavy (non-hydrogen) atoms. The van der Waals surface area contributed by atoms with E-state index in [0.717, 1.165) is 51.4 Å². The Morgan fingerprint density at radius 2 is 0.750 bits per heavy atom. The van der Waals surface area contributed by atoms with E-state index >= 15 is 0 Å². The zero-order valence-corrected chi connectivity index (χ0v) is 35.1. The fourth-order valence-corrected chi connectivity index (χ4v) is 6.50. The maximum atomic E-state index is 12.6. The van der Waals surface area contributed by atoms with Crippen molar-refractivity contribution in [3.63, 3.8) is 0 Å². The Bertz CT molecular complexity index is 791. The van der Waals surface area contributed by atoms with Gasteiger partial charge < -0.3 is 14.2 Å². The zero-order valence-electron chi connectivity index (χ0n) is 35.1. The average molecular weight is 733 g/mol. The molecule has 306 valence electrons. The first-order chi connectivity index (χ1) is 25.6. The van der Waals surface area contributed by atoms with Crippen LogP contribution >= 0.6 is 0 Å². The second kappa shape index (κ2) is 43.8. The molecule has 1 unspecified atom stereocenters. The molecule has 0 fully saturated rings. The molecule has 0 amide bonds. The molecule has 0 radical (unpaired) electrons. The van der Waals surface area contributed by atoms with Gasteiger partial charge in [-0.3, -0.25) is 9.59 Å². The Kier molecular flexibility index (Phi) is 42.4. The van der Waals surface area contributed by atoms with Gasteiger partial charge in [-0.25, -0.2) is 0 Å². The van der Waals surface area contributed by atoms with Crippen molar-refractivity contribution in [1.29, 1.82) is 0 Å². The maximum absolute atomic E-state index is 12.6. The Morgan fingerprint density at radius 3 is 1.19 bits per heavy atom. The van der Waals surface area contributed by atoms with E-state index in [1.54, 1.807) is 0 Å². The summed E-state index contributed by atoms with van der Waals surface area (Å²) in [6, 6.07) is 0. The highest BCUT2D eigenvalue weighted by molar-refractivity contribution is 5.70. The van der Waals surface area contributed by atoms with E-state index in [-0.39, 0.29) is 25.2 Å². The SMILES string of the molecule is CCCCCC/C=C\CCCCCCCCOCC(COC(=O)CCCCCCC/C=C\CCCCCCCC)OC(=O)CCCCCCCCC. The third kappa shape index (κ3) is 41.1. The van der Waals surface area contributed by atoms with Crippen LogP contribution in [0.4, 0.5) is 0 Å². The van der Waals surface area contributed by atoms with Gasteiger partial charge in [-0.2, -0.15) is 0 Å². The fraction of sp³-hybridized carbons (Fsp3) is 0.872. The van der Waals surface area contributed by atoms with Crippen molar-refractivity contribution in [3.8, 4) is 0 Å². The largest absolute Gasteiger partial charge is 0.462 e. The van der Waals surface area contributed by atoms with Crippen molar-refractivity contribution in [2.45, 2.75) is 245 Å². The molecule has 1 atom stereocenters. The van der Waals surface area contributed by atoms with Crippen LogP contribution in [0.3, 0.4) is 0 Å². The molecule has 0 aromatic rings. The van der Waals surface area contributed by atoms with Crippen molar-refractivity contribution in [2.24, 2.45) is 0 Å². The quantitative estimate of drug-likeness (QED) is 0.0355. The summed E-state index contributed by atoms with van der Waals surface area (Å²) in [5, 5.41) is 0. The van der Waals surface area contributed by atoms with Gasteiger partial charge in [0.15, 0.2) is 6.10 Å². The van der Waals surface area contributed by atoms with Crippen molar-refractivity contribution in [2.75, 3.05) is 19.8 Å². The van der Waals surface area contributed by atoms with E-state index in [2.05, 4.69) is 45.1 Å². The Hall–Kier alpha value is -1.62. The molecule has 0 rings (SSSR count). The van der Waals surface area contributed by atoms with E-state index in [1.807, 2.05) is 0 Å². The molecule has 0 aliphatic heterocycles. The molecular weight excluding hydrogens is 645 g/mol. The Labute approximate surface area is 324 Å². The van der Waals surface area contributed by atoms with Gasteiger partial charge >= 0.3 is 11.9 Å². The van der Waals surface area contributed by atoms with Gasteiger partial charge in [-0.1, -0.05) is 180 Å². The average Bonchev–Trinajstić information content (AvgIpc) is 3.14. The van der Waals surface area contributed by atoms with Gasteiger partial charge in [0.25, 0.3) is 0 Å². The molecular formula is C47H88O5. The minimum Gasteiger partial charge on any atom is -0.462 e. The summed E-state index contributed by atoms with van der Waals surface area (Å²) in [4.78, 5) is 25.1. The first-order valence-corrected chi connectivity index (χ1v) is 22.9. The third-order valence-corrected chi connectivity index (χ3v) is 9.96. The number of unbranched alkanes of at least 4 members (excludes halogenated alkanes) is 27. The van der Waals surface area contributed by atoms with Gasteiger partial charge in [0, 0.05) is 19.4 Å². The molecule has 5 heteroatoms. The van der Waals surface area contributed by atoms with Crippen LogP contribution in [0.2, 0.25) is 0 Å². The van der Waals surface area contributed by atoms with Crippen molar-refractivity contribution in [3.05, 3.63) is 24.3 Å². The monoisotopic (exact) mass is 733 g/mol. The zero-order chi connectivity index (χ0) is 37.8.